The highest BCUT2D eigenvalue weighted by Crippen LogP contribution is 2.33. The van der Waals surface area contributed by atoms with Crippen molar-refractivity contribution in [2.75, 3.05) is 16.8 Å². The predicted octanol–water partition coefficient (Wildman–Crippen LogP) is 4.35. The van der Waals surface area contributed by atoms with Gasteiger partial charge in [-0.05, 0) is 36.6 Å². The number of aromatic nitrogens is 2. The van der Waals surface area contributed by atoms with E-state index in [4.69, 9.17) is 23.1 Å². The summed E-state index contributed by atoms with van der Waals surface area (Å²) in [6.45, 7) is 8.46. The van der Waals surface area contributed by atoms with Gasteiger partial charge in [0, 0.05) is 6.04 Å². The maximum absolute atomic E-state index is 6.12. The number of nitrogens with two attached hydrogens (primary N) is 2. The van der Waals surface area contributed by atoms with Crippen LogP contribution in [0.1, 0.15) is 44.2 Å². The van der Waals surface area contributed by atoms with Crippen molar-refractivity contribution < 1.29 is 0 Å². The molecule has 0 amide bonds. The van der Waals surface area contributed by atoms with Crippen LogP contribution in [0.5, 0.6) is 0 Å². The summed E-state index contributed by atoms with van der Waals surface area (Å²) in [5, 5.41) is 3.89. The van der Waals surface area contributed by atoms with Gasteiger partial charge < -0.3 is 16.8 Å². The molecule has 0 saturated carbocycles. The Kier molecular flexibility index (Phi) is 6.04. The number of nitrogens with one attached hydrogen (secondary N) is 1. The highest BCUT2D eigenvalue weighted by molar-refractivity contribution is 6.33. The lowest BCUT2D eigenvalue weighted by Gasteiger charge is -2.19. The molecule has 2 aromatic rings. The van der Waals surface area contributed by atoms with Crippen molar-refractivity contribution in [3.05, 3.63) is 47.3 Å². The van der Waals surface area contributed by atoms with Gasteiger partial charge in [-0.2, -0.15) is 0 Å². The molecule has 1 unspecified atom stereocenters. The van der Waals surface area contributed by atoms with Crippen LogP contribution in [-0.4, -0.2) is 16.0 Å². The van der Waals surface area contributed by atoms with Gasteiger partial charge in [0.15, 0.2) is 0 Å². The first kappa shape index (κ1) is 18.1. The summed E-state index contributed by atoms with van der Waals surface area (Å²) < 4.78 is 0. The van der Waals surface area contributed by atoms with Crippen LogP contribution >= 0.6 is 11.6 Å². The SMILES string of the molecule is C=C(c1ccc(N)c(Cl)c1)c1c(N)ncnc1NC(C)CCCC. The molecule has 128 valence electrons. The van der Waals surface area contributed by atoms with Crippen LogP contribution in [-0.2, 0) is 0 Å². The molecule has 6 heteroatoms. The molecule has 0 aliphatic carbocycles. The normalized spacial score (nSPS) is 12.0. The zero-order valence-corrected chi connectivity index (χ0v) is 14.9. The molecule has 0 aliphatic heterocycles. The number of benzene rings is 1. The summed E-state index contributed by atoms with van der Waals surface area (Å²) in [5.41, 5.74) is 14.6. The first-order valence-electron chi connectivity index (χ1n) is 8.05. The highest BCUT2D eigenvalue weighted by Gasteiger charge is 2.16. The van der Waals surface area contributed by atoms with Crippen molar-refractivity contribution in [3.63, 3.8) is 0 Å². The third kappa shape index (κ3) is 4.17. The number of hydrogen-bond donors (Lipinski definition) is 3. The van der Waals surface area contributed by atoms with Crippen LogP contribution in [0.4, 0.5) is 17.3 Å². The first-order valence-corrected chi connectivity index (χ1v) is 8.43. The van der Waals surface area contributed by atoms with E-state index in [1.54, 1.807) is 12.1 Å². The van der Waals surface area contributed by atoms with Crippen LogP contribution < -0.4 is 16.8 Å². The highest BCUT2D eigenvalue weighted by atomic mass is 35.5. The smallest absolute Gasteiger partial charge is 0.139 e. The molecule has 1 aromatic heterocycles. The van der Waals surface area contributed by atoms with Crippen molar-refractivity contribution in [3.8, 4) is 0 Å². The largest absolute Gasteiger partial charge is 0.398 e. The van der Waals surface area contributed by atoms with E-state index < -0.39 is 0 Å². The molecule has 0 fully saturated rings. The van der Waals surface area contributed by atoms with Gasteiger partial charge in [0.05, 0.1) is 16.3 Å². The summed E-state index contributed by atoms with van der Waals surface area (Å²) in [6, 6.07) is 5.66. The van der Waals surface area contributed by atoms with Crippen LogP contribution in [0.3, 0.4) is 0 Å². The maximum Gasteiger partial charge on any atom is 0.139 e. The van der Waals surface area contributed by atoms with Crippen LogP contribution in [0.15, 0.2) is 31.1 Å². The lowest BCUT2D eigenvalue weighted by molar-refractivity contribution is 0.643. The average Bonchev–Trinajstić information content (AvgIpc) is 2.55. The van der Waals surface area contributed by atoms with E-state index in [-0.39, 0.29) is 6.04 Å². The molecular weight excluding hydrogens is 322 g/mol. The monoisotopic (exact) mass is 345 g/mol. The summed E-state index contributed by atoms with van der Waals surface area (Å²) >= 11 is 6.12. The fraction of sp³-hybridized carbons (Fsp3) is 0.333. The van der Waals surface area contributed by atoms with Crippen LogP contribution in [0.25, 0.3) is 5.57 Å². The van der Waals surface area contributed by atoms with Gasteiger partial charge in [0.1, 0.15) is 18.0 Å². The maximum atomic E-state index is 6.12. The van der Waals surface area contributed by atoms with E-state index >= 15 is 0 Å². The number of rotatable bonds is 7. The van der Waals surface area contributed by atoms with E-state index in [1.165, 1.54) is 6.33 Å². The molecule has 0 saturated heterocycles. The molecule has 0 bridgehead atoms. The topological polar surface area (TPSA) is 89.9 Å². The molecule has 5 N–H and O–H groups in total. The molecule has 1 aromatic carbocycles. The third-order valence-electron chi connectivity index (χ3n) is 3.90. The minimum atomic E-state index is 0.279. The molecule has 0 aliphatic rings. The van der Waals surface area contributed by atoms with E-state index in [0.717, 1.165) is 24.8 Å². The number of nitrogen functional groups attached to an aromatic ring is 2. The standard InChI is InChI=1S/C18H24ClN5/c1-4-5-6-11(2)24-18-16(17(21)22-10-23-18)12(3)13-7-8-15(20)14(19)9-13/h7-11H,3-6,20H2,1-2H3,(H3,21,22,23,24). The zero-order chi connectivity index (χ0) is 17.7. The number of nitrogens with zero attached hydrogens (tertiary/aromatic N) is 2. The van der Waals surface area contributed by atoms with Gasteiger partial charge in [-0.3, -0.25) is 0 Å². The Bertz CT molecular complexity index is 729. The van der Waals surface area contributed by atoms with Crippen LogP contribution in [0.2, 0.25) is 5.02 Å². The number of halogens is 1. The number of anilines is 3. The Hall–Kier alpha value is -2.27. The first-order chi connectivity index (χ1) is 11.4. The molecule has 0 radical (unpaired) electrons. The number of unbranched alkanes of at least 4 members (excludes halogenated alkanes) is 1. The van der Waals surface area contributed by atoms with Crippen LogP contribution in [0, 0.1) is 0 Å². The number of hydrogen-bond acceptors (Lipinski definition) is 5. The Morgan fingerprint density at radius 2 is 2.08 bits per heavy atom. The Morgan fingerprint density at radius 3 is 2.75 bits per heavy atom. The quantitative estimate of drug-likeness (QED) is 0.649. The van der Waals surface area contributed by atoms with Crippen molar-refractivity contribution in [1.82, 2.24) is 9.97 Å². The third-order valence-corrected chi connectivity index (χ3v) is 4.23. The van der Waals surface area contributed by atoms with Crippen molar-refractivity contribution in [2.24, 2.45) is 0 Å². The second-order valence-electron chi connectivity index (χ2n) is 5.88. The van der Waals surface area contributed by atoms with Gasteiger partial charge in [-0.25, -0.2) is 9.97 Å². The molecule has 1 atom stereocenters. The lowest BCUT2D eigenvalue weighted by Crippen LogP contribution is -2.18. The summed E-state index contributed by atoms with van der Waals surface area (Å²) in [5.74, 6) is 1.07. The summed E-state index contributed by atoms with van der Waals surface area (Å²) in [7, 11) is 0. The van der Waals surface area contributed by atoms with E-state index in [0.29, 0.717) is 33.5 Å². The van der Waals surface area contributed by atoms with Crippen molar-refractivity contribution in [1.29, 1.82) is 0 Å². The van der Waals surface area contributed by atoms with Gasteiger partial charge in [-0.15, -0.1) is 0 Å². The Labute approximate surface area is 148 Å². The minimum Gasteiger partial charge on any atom is -0.398 e. The van der Waals surface area contributed by atoms with Crippen molar-refractivity contribution >= 4 is 34.5 Å². The van der Waals surface area contributed by atoms with E-state index in [2.05, 4.69) is 35.7 Å². The second kappa shape index (κ2) is 8.02. The minimum absolute atomic E-state index is 0.279. The van der Waals surface area contributed by atoms with Gasteiger partial charge >= 0.3 is 0 Å². The summed E-state index contributed by atoms with van der Waals surface area (Å²) in [4.78, 5) is 8.46. The molecule has 24 heavy (non-hydrogen) atoms. The molecule has 2 rings (SSSR count). The molecular formula is C18H24ClN5. The van der Waals surface area contributed by atoms with E-state index in [1.807, 2.05) is 6.07 Å². The fourth-order valence-corrected chi connectivity index (χ4v) is 2.66. The predicted molar refractivity (Wildman–Crippen MR) is 103 cm³/mol. The van der Waals surface area contributed by atoms with Gasteiger partial charge in [0.2, 0.25) is 0 Å². The Morgan fingerprint density at radius 1 is 1.33 bits per heavy atom. The van der Waals surface area contributed by atoms with Gasteiger partial charge in [-0.1, -0.05) is 44.0 Å². The summed E-state index contributed by atoms with van der Waals surface area (Å²) in [6.07, 6.45) is 4.82. The molecule has 5 nitrogen and oxygen atoms in total. The second-order valence-corrected chi connectivity index (χ2v) is 6.29. The van der Waals surface area contributed by atoms with E-state index in [9.17, 15) is 0 Å². The zero-order valence-electron chi connectivity index (χ0n) is 14.1. The Balaban J connectivity index is 2.34. The molecule has 1 heterocycles. The average molecular weight is 346 g/mol. The van der Waals surface area contributed by atoms with Crippen molar-refractivity contribution in [2.45, 2.75) is 39.2 Å². The van der Waals surface area contributed by atoms with Gasteiger partial charge in [0.25, 0.3) is 0 Å². The lowest BCUT2D eigenvalue weighted by atomic mass is 9.99. The molecule has 0 spiro atoms. The fourth-order valence-electron chi connectivity index (χ4n) is 2.48.